The molecule has 3 heterocycles. The summed E-state index contributed by atoms with van der Waals surface area (Å²) in [6.45, 7) is 0. The summed E-state index contributed by atoms with van der Waals surface area (Å²) < 4.78 is 47.3. The predicted molar refractivity (Wildman–Crippen MR) is 114 cm³/mol. The number of alkyl halides is 3. The molecule has 0 aliphatic carbocycles. The van der Waals surface area contributed by atoms with E-state index >= 15 is 0 Å². The van der Waals surface area contributed by atoms with Gasteiger partial charge in [0.2, 0.25) is 0 Å². The monoisotopic (exact) mass is 490 g/mol. The molecule has 1 amide bonds. The number of hydrogen-bond donors (Lipinski definition) is 2. The van der Waals surface area contributed by atoms with Crippen molar-refractivity contribution in [3.05, 3.63) is 56.3 Å². The van der Waals surface area contributed by atoms with Crippen molar-refractivity contribution in [3.8, 4) is 5.75 Å². The summed E-state index contributed by atoms with van der Waals surface area (Å²) in [5, 5.41) is 11.4. The van der Waals surface area contributed by atoms with Gasteiger partial charge in [0.15, 0.2) is 11.7 Å². The highest BCUT2D eigenvalue weighted by molar-refractivity contribution is 7.10. The molecular formula is C19H15Cl2F3N4O2S. The third-order valence-electron chi connectivity index (χ3n) is 4.81. The first kappa shape index (κ1) is 21.8. The van der Waals surface area contributed by atoms with E-state index in [4.69, 9.17) is 27.9 Å². The molecule has 0 bridgehead atoms. The maximum atomic E-state index is 13.8. The average Bonchev–Trinajstić information content (AvgIpc) is 3.35. The fraction of sp³-hybridized carbons (Fsp3) is 0.263. The second-order valence-corrected chi connectivity index (χ2v) is 8.55. The molecule has 1 aliphatic rings. The minimum atomic E-state index is -4.58. The number of ether oxygens (including phenoxy) is 1. The van der Waals surface area contributed by atoms with E-state index in [1.54, 1.807) is 29.6 Å². The van der Waals surface area contributed by atoms with Gasteiger partial charge < -0.3 is 15.4 Å². The first-order valence-electron chi connectivity index (χ1n) is 8.98. The zero-order valence-corrected chi connectivity index (χ0v) is 18.2. The quantitative estimate of drug-likeness (QED) is 0.458. The van der Waals surface area contributed by atoms with Crippen molar-refractivity contribution < 1.29 is 22.7 Å². The lowest BCUT2D eigenvalue weighted by Gasteiger charge is -2.32. The van der Waals surface area contributed by atoms with Gasteiger partial charge in [-0.2, -0.15) is 18.3 Å². The molecule has 0 unspecified atom stereocenters. The normalized spacial score (nSPS) is 18.3. The van der Waals surface area contributed by atoms with Gasteiger partial charge in [0.1, 0.15) is 16.6 Å². The molecule has 164 valence electrons. The summed E-state index contributed by atoms with van der Waals surface area (Å²) in [6.07, 6.45) is -4.86. The zero-order chi connectivity index (χ0) is 22.3. The van der Waals surface area contributed by atoms with Crippen molar-refractivity contribution in [2.45, 2.75) is 24.7 Å². The van der Waals surface area contributed by atoms with Gasteiger partial charge in [0, 0.05) is 16.3 Å². The van der Waals surface area contributed by atoms with Crippen LogP contribution in [0.5, 0.6) is 5.75 Å². The van der Waals surface area contributed by atoms with Crippen LogP contribution in [0.1, 0.15) is 33.9 Å². The maximum absolute atomic E-state index is 13.8. The minimum Gasteiger partial charge on any atom is -0.495 e. The summed E-state index contributed by atoms with van der Waals surface area (Å²) >= 11 is 13.6. The van der Waals surface area contributed by atoms with E-state index in [1.165, 1.54) is 24.5 Å². The Kier molecular flexibility index (Phi) is 5.80. The van der Waals surface area contributed by atoms with Gasteiger partial charge in [-0.1, -0.05) is 29.3 Å². The van der Waals surface area contributed by atoms with Crippen LogP contribution in [-0.2, 0) is 0 Å². The Balaban J connectivity index is 1.71. The average molecular weight is 491 g/mol. The molecule has 31 heavy (non-hydrogen) atoms. The van der Waals surface area contributed by atoms with Crippen LogP contribution in [0.25, 0.3) is 0 Å². The van der Waals surface area contributed by atoms with Gasteiger partial charge in [-0.3, -0.25) is 4.79 Å². The number of nitrogens with zero attached hydrogens (tertiary/aromatic N) is 2. The number of halogens is 5. The highest BCUT2D eigenvalue weighted by atomic mass is 35.5. The molecule has 12 heteroatoms. The number of hydrogen-bond acceptors (Lipinski definition) is 5. The topological polar surface area (TPSA) is 68.2 Å². The number of thiophene rings is 1. The summed E-state index contributed by atoms with van der Waals surface area (Å²) in [7, 11) is 1.41. The predicted octanol–water partition coefficient (Wildman–Crippen LogP) is 6.17. The van der Waals surface area contributed by atoms with Gasteiger partial charge >= 0.3 is 6.18 Å². The minimum absolute atomic E-state index is 0.0585. The number of anilines is 2. The molecular weight excluding hydrogens is 476 g/mol. The number of amides is 1. The standard InChI is InChI=1S/C19H15Cl2F3N4O2S/c1-30-12-5-4-9(20)7-10(12)26-18(29)16-15(21)17-25-11(13-3-2-6-31-13)8-14(19(22,23)24)28(17)27-16/h2-7,11,14,25H,8H2,1H3,(H,26,29)/t11-,14+/m1/s1. The van der Waals surface area contributed by atoms with Crippen molar-refractivity contribution in [3.63, 3.8) is 0 Å². The Labute approximate surface area is 188 Å². The number of aromatic nitrogens is 2. The van der Waals surface area contributed by atoms with Crippen LogP contribution < -0.4 is 15.4 Å². The Bertz CT molecular complexity index is 1120. The number of benzene rings is 1. The zero-order valence-electron chi connectivity index (χ0n) is 15.8. The van der Waals surface area contributed by atoms with Crippen LogP contribution in [0.3, 0.4) is 0 Å². The molecule has 4 rings (SSSR count). The second-order valence-electron chi connectivity index (χ2n) is 6.76. The lowest BCUT2D eigenvalue weighted by molar-refractivity contribution is -0.173. The van der Waals surface area contributed by atoms with Crippen LogP contribution >= 0.6 is 34.5 Å². The Hall–Kier alpha value is -2.43. The van der Waals surface area contributed by atoms with Crippen molar-refractivity contribution in [1.29, 1.82) is 0 Å². The van der Waals surface area contributed by atoms with Crippen LogP contribution in [0.15, 0.2) is 35.7 Å². The lowest BCUT2D eigenvalue weighted by Crippen LogP contribution is -2.35. The number of rotatable bonds is 4. The van der Waals surface area contributed by atoms with E-state index in [-0.39, 0.29) is 28.6 Å². The summed E-state index contributed by atoms with van der Waals surface area (Å²) in [6, 6.07) is 5.52. The fourth-order valence-corrected chi connectivity index (χ4v) is 4.60. The molecule has 0 radical (unpaired) electrons. The molecule has 2 N–H and O–H groups in total. The maximum Gasteiger partial charge on any atom is 0.410 e. The van der Waals surface area contributed by atoms with Crippen LogP contribution in [0, 0.1) is 0 Å². The van der Waals surface area contributed by atoms with Gasteiger partial charge in [0.25, 0.3) is 5.91 Å². The van der Waals surface area contributed by atoms with E-state index in [1.807, 2.05) is 0 Å². The summed E-state index contributed by atoms with van der Waals surface area (Å²) in [5.41, 5.74) is -0.105. The molecule has 1 aromatic carbocycles. The third kappa shape index (κ3) is 4.19. The number of nitrogens with one attached hydrogen (secondary N) is 2. The van der Waals surface area contributed by atoms with Gasteiger partial charge in [-0.15, -0.1) is 11.3 Å². The number of fused-ring (bicyclic) bond motifs is 1. The SMILES string of the molecule is COc1ccc(Cl)cc1NC(=O)c1nn2c(c1Cl)N[C@@H](c1cccs1)C[C@H]2C(F)(F)F. The molecule has 0 fully saturated rings. The lowest BCUT2D eigenvalue weighted by atomic mass is 10.0. The molecule has 0 spiro atoms. The highest BCUT2D eigenvalue weighted by Gasteiger charge is 2.48. The second kappa shape index (κ2) is 8.25. The molecule has 0 saturated carbocycles. The first-order valence-corrected chi connectivity index (χ1v) is 10.6. The molecule has 2 aromatic heterocycles. The van der Waals surface area contributed by atoms with Crippen LogP contribution in [0.2, 0.25) is 10.0 Å². The van der Waals surface area contributed by atoms with E-state index in [0.717, 1.165) is 9.56 Å². The largest absolute Gasteiger partial charge is 0.495 e. The molecule has 3 aromatic rings. The van der Waals surface area contributed by atoms with Gasteiger partial charge in [-0.25, -0.2) is 4.68 Å². The van der Waals surface area contributed by atoms with Crippen molar-refractivity contribution in [2.24, 2.45) is 0 Å². The van der Waals surface area contributed by atoms with E-state index < -0.39 is 24.2 Å². The van der Waals surface area contributed by atoms with Crippen LogP contribution in [-0.4, -0.2) is 29.0 Å². The van der Waals surface area contributed by atoms with E-state index in [0.29, 0.717) is 10.8 Å². The van der Waals surface area contributed by atoms with Gasteiger partial charge in [-0.05, 0) is 29.6 Å². The molecule has 6 nitrogen and oxygen atoms in total. The smallest absolute Gasteiger partial charge is 0.410 e. The molecule has 2 atom stereocenters. The fourth-order valence-electron chi connectivity index (χ4n) is 3.37. The van der Waals surface area contributed by atoms with E-state index in [9.17, 15) is 18.0 Å². The highest BCUT2D eigenvalue weighted by Crippen LogP contribution is 2.47. The first-order chi connectivity index (χ1) is 14.7. The number of methoxy groups -OCH3 is 1. The van der Waals surface area contributed by atoms with Crippen LogP contribution in [0.4, 0.5) is 24.7 Å². The van der Waals surface area contributed by atoms with Crippen molar-refractivity contribution >= 4 is 52.0 Å². The molecule has 1 aliphatic heterocycles. The number of carbonyl (C=O) groups excluding carboxylic acids is 1. The van der Waals surface area contributed by atoms with Gasteiger partial charge in [0.05, 0.1) is 18.8 Å². The third-order valence-corrected chi connectivity index (χ3v) is 6.39. The Morgan fingerprint density at radius 3 is 2.77 bits per heavy atom. The Morgan fingerprint density at radius 2 is 2.13 bits per heavy atom. The number of carbonyl (C=O) groups is 1. The van der Waals surface area contributed by atoms with Crippen molar-refractivity contribution in [2.75, 3.05) is 17.7 Å². The van der Waals surface area contributed by atoms with E-state index in [2.05, 4.69) is 15.7 Å². The van der Waals surface area contributed by atoms with Crippen molar-refractivity contribution in [1.82, 2.24) is 9.78 Å². The summed E-state index contributed by atoms with van der Waals surface area (Å²) in [4.78, 5) is 13.6. The molecule has 0 saturated heterocycles. The summed E-state index contributed by atoms with van der Waals surface area (Å²) in [5.74, 6) is -0.526. The Morgan fingerprint density at radius 1 is 1.35 bits per heavy atom.